The van der Waals surface area contributed by atoms with E-state index in [1.165, 1.54) is 11.8 Å². The van der Waals surface area contributed by atoms with E-state index in [1.807, 2.05) is 62.4 Å². The maximum atomic E-state index is 10.7. The van der Waals surface area contributed by atoms with Crippen molar-refractivity contribution in [2.45, 2.75) is 54.9 Å². The Bertz CT molecular complexity index is 761. The van der Waals surface area contributed by atoms with Crippen LogP contribution in [0.1, 0.15) is 23.0 Å². The van der Waals surface area contributed by atoms with Crippen LogP contribution < -0.4 is 0 Å². The molecule has 0 spiro atoms. The molecule has 0 radical (unpaired) electrons. The predicted octanol–water partition coefficient (Wildman–Crippen LogP) is 2.96. The van der Waals surface area contributed by atoms with Crippen molar-refractivity contribution >= 4 is 11.8 Å². The molecule has 0 unspecified atom stereocenters. The Hall–Kier alpha value is -1.41. The Morgan fingerprint density at radius 1 is 0.889 bits per heavy atom. The fourth-order valence-corrected chi connectivity index (χ4v) is 4.79. The number of thioether (sulfide) groups is 1. The minimum absolute atomic E-state index is 0.303. The Balaban J connectivity index is 1.49. The predicted molar refractivity (Wildman–Crippen MR) is 102 cm³/mol. The summed E-state index contributed by atoms with van der Waals surface area (Å²) >= 11 is 1.44. The number of rotatable bonds is 3. The summed E-state index contributed by atoms with van der Waals surface area (Å²) in [5.74, 6) is 0. The van der Waals surface area contributed by atoms with E-state index in [1.54, 1.807) is 0 Å². The zero-order valence-electron chi connectivity index (χ0n) is 15.3. The number of benzene rings is 2. The monoisotopic (exact) mass is 388 g/mol. The summed E-state index contributed by atoms with van der Waals surface area (Å²) in [5, 5.41) is 21.4. The first kappa shape index (κ1) is 18.9. The number of hydrogen-bond donors (Lipinski definition) is 2. The third kappa shape index (κ3) is 3.78. The SMILES string of the molecule is Cc1cccc(C)c1S[C@@H]1O[C@@H]2CO[C@H](c3ccccc3)O[C@@H]2[C@H](O)[C@H]1O. The fraction of sp³-hybridized carbons (Fsp3) is 0.429. The van der Waals surface area contributed by atoms with Crippen molar-refractivity contribution in [1.82, 2.24) is 0 Å². The molecule has 2 aliphatic rings. The number of aliphatic hydroxyl groups is 2. The van der Waals surface area contributed by atoms with Crippen molar-refractivity contribution in [3.63, 3.8) is 0 Å². The first-order chi connectivity index (χ1) is 13.0. The number of hydrogen-bond acceptors (Lipinski definition) is 6. The Kier molecular flexibility index (Phi) is 5.55. The van der Waals surface area contributed by atoms with E-state index >= 15 is 0 Å². The molecule has 2 heterocycles. The van der Waals surface area contributed by atoms with E-state index in [9.17, 15) is 10.2 Å². The topological polar surface area (TPSA) is 68.2 Å². The van der Waals surface area contributed by atoms with Crippen LogP contribution in [0.15, 0.2) is 53.4 Å². The molecule has 6 atom stereocenters. The first-order valence-electron chi connectivity index (χ1n) is 9.11. The van der Waals surface area contributed by atoms with Crippen molar-refractivity contribution in [3.8, 4) is 0 Å². The minimum Gasteiger partial charge on any atom is -0.387 e. The second kappa shape index (κ2) is 7.91. The highest BCUT2D eigenvalue weighted by Crippen LogP contribution is 2.40. The van der Waals surface area contributed by atoms with Gasteiger partial charge in [-0.2, -0.15) is 0 Å². The van der Waals surface area contributed by atoms with Crippen molar-refractivity contribution in [1.29, 1.82) is 0 Å². The summed E-state index contributed by atoms with van der Waals surface area (Å²) in [6.45, 7) is 4.36. The van der Waals surface area contributed by atoms with Gasteiger partial charge in [-0.15, -0.1) is 0 Å². The molecular formula is C21H24O5S. The van der Waals surface area contributed by atoms with Crippen LogP contribution in [0.4, 0.5) is 0 Å². The standard InChI is InChI=1S/C21H24O5S/c1-12-7-6-8-13(2)19(12)27-21-17(23)16(22)18-15(25-21)11-24-20(26-18)14-9-4-3-5-10-14/h3-10,15-18,20-23H,11H2,1-2H3/t15-,16-,17-,18+,20+,21+/m1/s1. The van der Waals surface area contributed by atoms with Gasteiger partial charge in [-0.05, 0) is 25.0 Å². The van der Waals surface area contributed by atoms with Gasteiger partial charge in [0.1, 0.15) is 29.9 Å². The lowest BCUT2D eigenvalue weighted by atomic mass is 9.99. The first-order valence-corrected chi connectivity index (χ1v) is 9.99. The van der Waals surface area contributed by atoms with Crippen molar-refractivity contribution in [2.24, 2.45) is 0 Å². The molecule has 0 amide bonds. The molecule has 2 fully saturated rings. The molecular weight excluding hydrogens is 364 g/mol. The lowest BCUT2D eigenvalue weighted by Gasteiger charge is -2.46. The highest BCUT2D eigenvalue weighted by Gasteiger charge is 2.49. The molecule has 2 N–H and O–H groups in total. The van der Waals surface area contributed by atoms with E-state index in [2.05, 4.69) is 0 Å². The minimum atomic E-state index is -1.05. The van der Waals surface area contributed by atoms with Crippen LogP contribution in [0, 0.1) is 13.8 Å². The van der Waals surface area contributed by atoms with Crippen LogP contribution in [0.2, 0.25) is 0 Å². The summed E-state index contributed by atoms with van der Waals surface area (Å²) in [5.41, 5.74) is 2.53. The Morgan fingerprint density at radius 3 is 2.30 bits per heavy atom. The van der Waals surface area contributed by atoms with Gasteiger partial charge >= 0.3 is 0 Å². The molecule has 0 bridgehead atoms. The molecule has 0 aromatic heterocycles. The maximum absolute atomic E-state index is 10.7. The van der Waals surface area contributed by atoms with Gasteiger partial charge in [0, 0.05) is 10.5 Å². The van der Waals surface area contributed by atoms with Crippen molar-refractivity contribution in [3.05, 3.63) is 65.2 Å². The number of fused-ring (bicyclic) bond motifs is 1. The van der Waals surface area contributed by atoms with Gasteiger partial charge < -0.3 is 24.4 Å². The van der Waals surface area contributed by atoms with Gasteiger partial charge in [-0.1, -0.05) is 60.3 Å². The van der Waals surface area contributed by atoms with E-state index in [4.69, 9.17) is 14.2 Å². The third-order valence-corrected chi connectivity index (χ3v) is 6.55. The highest BCUT2D eigenvalue weighted by molar-refractivity contribution is 8.00. The average Bonchev–Trinajstić information content (AvgIpc) is 2.69. The largest absolute Gasteiger partial charge is 0.387 e. The van der Waals surface area contributed by atoms with Crippen LogP contribution in [0.25, 0.3) is 0 Å². The Labute approximate surface area is 163 Å². The van der Waals surface area contributed by atoms with Crippen LogP contribution in [-0.4, -0.2) is 46.7 Å². The second-order valence-corrected chi connectivity index (χ2v) is 8.15. The van der Waals surface area contributed by atoms with Gasteiger partial charge in [0.15, 0.2) is 6.29 Å². The molecule has 5 nitrogen and oxygen atoms in total. The Morgan fingerprint density at radius 2 is 1.59 bits per heavy atom. The van der Waals surface area contributed by atoms with E-state index < -0.39 is 36.1 Å². The number of aliphatic hydroxyl groups excluding tert-OH is 2. The van der Waals surface area contributed by atoms with E-state index in [0.717, 1.165) is 21.6 Å². The summed E-state index contributed by atoms with van der Waals surface area (Å²) in [6, 6.07) is 15.6. The van der Waals surface area contributed by atoms with Gasteiger partial charge in [0.25, 0.3) is 0 Å². The smallest absolute Gasteiger partial charge is 0.184 e. The second-order valence-electron chi connectivity index (χ2n) is 7.04. The van der Waals surface area contributed by atoms with Gasteiger partial charge in [-0.25, -0.2) is 0 Å². The normalized spacial score (nSPS) is 33.5. The molecule has 27 heavy (non-hydrogen) atoms. The van der Waals surface area contributed by atoms with E-state index in [-0.39, 0.29) is 0 Å². The van der Waals surface area contributed by atoms with Crippen LogP contribution in [-0.2, 0) is 14.2 Å². The molecule has 144 valence electrons. The maximum Gasteiger partial charge on any atom is 0.184 e. The summed E-state index contributed by atoms with van der Waals surface area (Å²) in [4.78, 5) is 1.06. The summed E-state index contributed by atoms with van der Waals surface area (Å²) < 4.78 is 17.8. The number of aryl methyl sites for hydroxylation is 2. The molecule has 2 aromatic rings. The van der Waals surface area contributed by atoms with E-state index in [0.29, 0.717) is 6.61 Å². The van der Waals surface area contributed by atoms with Crippen LogP contribution >= 0.6 is 11.8 Å². The van der Waals surface area contributed by atoms with Gasteiger partial charge in [0.05, 0.1) is 6.61 Å². The molecule has 6 heteroatoms. The number of ether oxygens (including phenoxy) is 3. The third-order valence-electron chi connectivity index (χ3n) is 5.05. The molecule has 2 saturated heterocycles. The highest BCUT2D eigenvalue weighted by atomic mass is 32.2. The van der Waals surface area contributed by atoms with Crippen LogP contribution in [0.5, 0.6) is 0 Å². The van der Waals surface area contributed by atoms with Gasteiger partial charge in [0.2, 0.25) is 0 Å². The van der Waals surface area contributed by atoms with Crippen molar-refractivity contribution in [2.75, 3.05) is 6.61 Å². The quantitative estimate of drug-likeness (QED) is 0.843. The van der Waals surface area contributed by atoms with Crippen molar-refractivity contribution < 1.29 is 24.4 Å². The zero-order chi connectivity index (χ0) is 19.0. The summed E-state index contributed by atoms with van der Waals surface area (Å²) in [6.07, 6.45) is -3.72. The summed E-state index contributed by atoms with van der Waals surface area (Å²) in [7, 11) is 0. The van der Waals surface area contributed by atoms with Crippen LogP contribution in [0.3, 0.4) is 0 Å². The molecule has 2 aliphatic heterocycles. The average molecular weight is 388 g/mol. The zero-order valence-corrected chi connectivity index (χ0v) is 16.1. The lowest BCUT2D eigenvalue weighted by molar-refractivity contribution is -0.318. The lowest BCUT2D eigenvalue weighted by Crippen LogP contribution is -2.60. The molecule has 2 aromatic carbocycles. The molecule has 0 saturated carbocycles. The van der Waals surface area contributed by atoms with Gasteiger partial charge in [-0.3, -0.25) is 0 Å². The molecule has 4 rings (SSSR count). The molecule has 0 aliphatic carbocycles. The fourth-order valence-electron chi connectivity index (χ4n) is 3.56.